The van der Waals surface area contributed by atoms with Gasteiger partial charge in [0, 0.05) is 12.7 Å². The Morgan fingerprint density at radius 3 is 2.90 bits per heavy atom. The maximum absolute atomic E-state index is 12.2. The van der Waals surface area contributed by atoms with Crippen molar-refractivity contribution < 1.29 is 9.90 Å². The summed E-state index contributed by atoms with van der Waals surface area (Å²) in [6.45, 7) is 2.12. The van der Waals surface area contributed by atoms with E-state index in [4.69, 9.17) is 0 Å². The molecule has 0 aliphatic heterocycles. The van der Waals surface area contributed by atoms with E-state index in [0.717, 1.165) is 30.0 Å². The molecule has 2 N–H and O–H groups in total. The average molecular weight is 303 g/mol. The second-order valence-corrected chi connectivity index (χ2v) is 6.41. The van der Waals surface area contributed by atoms with Gasteiger partial charge in [0.1, 0.15) is 9.88 Å². The van der Waals surface area contributed by atoms with E-state index < -0.39 is 5.60 Å². The van der Waals surface area contributed by atoms with Crippen molar-refractivity contribution in [1.29, 1.82) is 0 Å². The summed E-state index contributed by atoms with van der Waals surface area (Å²) < 4.78 is 0. The van der Waals surface area contributed by atoms with Gasteiger partial charge in [-0.05, 0) is 38.3 Å². The topological polar surface area (TPSA) is 75.1 Å². The second-order valence-electron chi connectivity index (χ2n) is 5.41. The van der Waals surface area contributed by atoms with Crippen molar-refractivity contribution in [3.8, 4) is 10.7 Å². The second kappa shape index (κ2) is 5.54. The summed E-state index contributed by atoms with van der Waals surface area (Å²) in [6.07, 6.45) is 4.25. The number of aryl methyl sites for hydroxylation is 1. The molecule has 21 heavy (non-hydrogen) atoms. The zero-order chi connectivity index (χ0) is 14.9. The van der Waals surface area contributed by atoms with E-state index in [1.807, 2.05) is 25.1 Å². The average Bonchev–Trinajstić information content (AvgIpc) is 2.86. The molecule has 1 aliphatic rings. The molecule has 0 aromatic carbocycles. The van der Waals surface area contributed by atoms with Crippen LogP contribution in [-0.2, 0) is 0 Å². The van der Waals surface area contributed by atoms with Gasteiger partial charge >= 0.3 is 0 Å². The molecule has 1 aliphatic carbocycles. The summed E-state index contributed by atoms with van der Waals surface area (Å²) in [4.78, 5) is 21.5. The molecule has 0 saturated heterocycles. The Morgan fingerprint density at radius 2 is 2.29 bits per heavy atom. The number of nitrogens with zero attached hydrogens (tertiary/aromatic N) is 2. The monoisotopic (exact) mass is 303 g/mol. The maximum Gasteiger partial charge on any atom is 0.263 e. The highest BCUT2D eigenvalue weighted by Gasteiger charge is 2.34. The number of amides is 1. The van der Waals surface area contributed by atoms with Crippen molar-refractivity contribution in [3.63, 3.8) is 0 Å². The van der Waals surface area contributed by atoms with E-state index in [-0.39, 0.29) is 5.91 Å². The van der Waals surface area contributed by atoms with Gasteiger partial charge in [-0.25, -0.2) is 4.98 Å². The maximum atomic E-state index is 12.2. The van der Waals surface area contributed by atoms with Crippen molar-refractivity contribution in [2.24, 2.45) is 0 Å². The molecule has 1 saturated carbocycles. The number of thiazole rings is 1. The lowest BCUT2D eigenvalue weighted by Crippen LogP contribution is -2.47. The molecule has 0 unspecified atom stereocenters. The highest BCUT2D eigenvalue weighted by Crippen LogP contribution is 2.31. The summed E-state index contributed by atoms with van der Waals surface area (Å²) >= 11 is 1.33. The highest BCUT2D eigenvalue weighted by molar-refractivity contribution is 7.17. The molecule has 3 rings (SSSR count). The minimum Gasteiger partial charge on any atom is -0.388 e. The van der Waals surface area contributed by atoms with Crippen LogP contribution < -0.4 is 5.32 Å². The van der Waals surface area contributed by atoms with Crippen LogP contribution in [0.5, 0.6) is 0 Å². The fourth-order valence-electron chi connectivity index (χ4n) is 2.29. The quantitative estimate of drug-likeness (QED) is 0.907. The number of rotatable bonds is 4. The van der Waals surface area contributed by atoms with Crippen LogP contribution in [0.15, 0.2) is 24.4 Å². The van der Waals surface area contributed by atoms with Crippen LogP contribution in [-0.4, -0.2) is 33.1 Å². The molecule has 2 heterocycles. The van der Waals surface area contributed by atoms with Crippen LogP contribution in [0.25, 0.3) is 10.7 Å². The number of pyridine rings is 1. The molecular formula is C15H17N3O2S. The van der Waals surface area contributed by atoms with Gasteiger partial charge in [0.05, 0.1) is 17.0 Å². The van der Waals surface area contributed by atoms with E-state index >= 15 is 0 Å². The lowest BCUT2D eigenvalue weighted by Gasteiger charge is -2.36. The normalized spacial score (nSPS) is 16.3. The number of nitrogens with one attached hydrogen (secondary N) is 1. The Labute approximate surface area is 127 Å². The first kappa shape index (κ1) is 14.2. The number of hydrogen-bond acceptors (Lipinski definition) is 5. The predicted molar refractivity (Wildman–Crippen MR) is 81.2 cm³/mol. The zero-order valence-corrected chi connectivity index (χ0v) is 12.6. The fraction of sp³-hybridized carbons (Fsp3) is 0.400. The summed E-state index contributed by atoms with van der Waals surface area (Å²) in [7, 11) is 0. The van der Waals surface area contributed by atoms with Crippen molar-refractivity contribution in [3.05, 3.63) is 35.0 Å². The van der Waals surface area contributed by atoms with E-state index in [2.05, 4.69) is 15.3 Å². The van der Waals surface area contributed by atoms with Gasteiger partial charge in [-0.2, -0.15) is 0 Å². The summed E-state index contributed by atoms with van der Waals surface area (Å²) in [5.41, 5.74) is 0.749. The lowest BCUT2D eigenvalue weighted by molar-refractivity contribution is -0.0300. The lowest BCUT2D eigenvalue weighted by atomic mass is 9.80. The minimum absolute atomic E-state index is 0.174. The summed E-state index contributed by atoms with van der Waals surface area (Å²) in [5.74, 6) is -0.174. The molecule has 5 nitrogen and oxygen atoms in total. The molecule has 0 atom stereocenters. The van der Waals surface area contributed by atoms with Crippen LogP contribution >= 0.6 is 11.3 Å². The Balaban J connectivity index is 1.73. The van der Waals surface area contributed by atoms with Gasteiger partial charge in [-0.15, -0.1) is 11.3 Å². The van der Waals surface area contributed by atoms with Crippen molar-refractivity contribution in [2.75, 3.05) is 6.54 Å². The van der Waals surface area contributed by atoms with Crippen LogP contribution in [0.1, 0.15) is 34.6 Å². The summed E-state index contributed by atoms with van der Waals surface area (Å²) in [5, 5.41) is 13.6. The molecule has 110 valence electrons. The summed E-state index contributed by atoms with van der Waals surface area (Å²) in [6, 6.07) is 5.61. The number of aliphatic hydroxyl groups is 1. The molecular weight excluding hydrogens is 286 g/mol. The molecule has 0 bridgehead atoms. The zero-order valence-electron chi connectivity index (χ0n) is 11.8. The van der Waals surface area contributed by atoms with Gasteiger partial charge in [-0.3, -0.25) is 9.78 Å². The molecule has 1 fully saturated rings. The van der Waals surface area contributed by atoms with Crippen molar-refractivity contribution in [1.82, 2.24) is 15.3 Å². The Kier molecular flexibility index (Phi) is 3.73. The number of aromatic nitrogens is 2. The van der Waals surface area contributed by atoms with Crippen LogP contribution in [0.4, 0.5) is 0 Å². The molecule has 2 aromatic rings. The predicted octanol–water partition coefficient (Wildman–Crippen LogP) is 2.16. The largest absolute Gasteiger partial charge is 0.388 e. The minimum atomic E-state index is -0.710. The van der Waals surface area contributed by atoms with E-state index in [1.165, 1.54) is 11.3 Å². The Bertz CT molecular complexity index is 650. The molecule has 0 radical (unpaired) electrons. The number of carbonyl (C=O) groups is 1. The van der Waals surface area contributed by atoms with Gasteiger partial charge in [-0.1, -0.05) is 6.07 Å². The standard InChI is InChI=1S/C15H17N3O2S/c1-10-12(13(19)17-9-15(20)6-4-7-15)21-14(18-10)11-5-2-3-8-16-11/h2-3,5,8,20H,4,6-7,9H2,1H3,(H,17,19). The van der Waals surface area contributed by atoms with Crippen LogP contribution in [0, 0.1) is 6.92 Å². The SMILES string of the molecule is Cc1nc(-c2ccccn2)sc1C(=O)NCC1(O)CCC1. The number of carbonyl (C=O) groups excluding carboxylic acids is 1. The van der Waals surface area contributed by atoms with Gasteiger partial charge in [0.25, 0.3) is 5.91 Å². The van der Waals surface area contributed by atoms with Crippen molar-refractivity contribution >= 4 is 17.2 Å². The third kappa shape index (κ3) is 2.96. The van der Waals surface area contributed by atoms with Gasteiger partial charge < -0.3 is 10.4 Å². The Morgan fingerprint density at radius 1 is 1.48 bits per heavy atom. The Hall–Kier alpha value is -1.79. The van der Waals surface area contributed by atoms with E-state index in [0.29, 0.717) is 17.1 Å². The van der Waals surface area contributed by atoms with Crippen LogP contribution in [0.3, 0.4) is 0 Å². The van der Waals surface area contributed by atoms with Crippen molar-refractivity contribution in [2.45, 2.75) is 31.8 Å². The number of hydrogen-bond donors (Lipinski definition) is 2. The van der Waals surface area contributed by atoms with Gasteiger partial charge in [0.2, 0.25) is 0 Å². The first-order valence-corrected chi connectivity index (χ1v) is 7.78. The van der Waals surface area contributed by atoms with Crippen LogP contribution in [0.2, 0.25) is 0 Å². The first-order valence-electron chi connectivity index (χ1n) is 6.97. The van der Waals surface area contributed by atoms with E-state index in [9.17, 15) is 9.90 Å². The third-order valence-corrected chi connectivity index (χ3v) is 4.93. The third-order valence-electron chi connectivity index (χ3n) is 3.75. The molecule has 6 heteroatoms. The molecule has 1 amide bonds. The first-order chi connectivity index (χ1) is 10.1. The highest BCUT2D eigenvalue weighted by atomic mass is 32.1. The molecule has 2 aromatic heterocycles. The fourth-order valence-corrected chi connectivity index (χ4v) is 3.25. The van der Waals surface area contributed by atoms with Gasteiger partial charge in [0.15, 0.2) is 0 Å². The molecule has 0 spiro atoms. The van der Waals surface area contributed by atoms with E-state index in [1.54, 1.807) is 6.20 Å². The smallest absolute Gasteiger partial charge is 0.263 e.